The molecule has 0 aromatic heterocycles. The van der Waals surface area contributed by atoms with Gasteiger partial charge < -0.3 is 5.11 Å². The summed E-state index contributed by atoms with van der Waals surface area (Å²) in [6, 6.07) is 0. The van der Waals surface area contributed by atoms with Crippen LogP contribution in [0, 0.1) is 0 Å². The average molecular weight is 203 g/mol. The smallest absolute Gasteiger partial charge is 0.336 e. The molecule has 0 saturated carbocycles. The maximum Gasteiger partial charge on any atom is 0.336 e. The molecule has 0 atom stereocenters. The molecule has 0 aromatic rings. The molecule has 0 rings (SSSR count). The van der Waals surface area contributed by atoms with E-state index in [1.54, 1.807) is 6.92 Å². The van der Waals surface area contributed by atoms with Gasteiger partial charge in [-0.15, -0.1) is 0 Å². The van der Waals surface area contributed by atoms with Gasteiger partial charge in [-0.25, -0.2) is 4.79 Å². The SMILES string of the molecule is CCC(C=O)=CC(C(=O)O)=C(C)Cl. The zero-order valence-electron chi connectivity index (χ0n) is 7.50. The third kappa shape index (κ3) is 3.90. The predicted molar refractivity (Wildman–Crippen MR) is 50.6 cm³/mol. The lowest BCUT2D eigenvalue weighted by Crippen LogP contribution is -2.00. The number of carboxylic acid groups (broad SMARTS) is 1. The van der Waals surface area contributed by atoms with Gasteiger partial charge in [-0.1, -0.05) is 18.5 Å². The van der Waals surface area contributed by atoms with Crippen molar-refractivity contribution >= 4 is 23.9 Å². The molecule has 0 bridgehead atoms. The number of aliphatic carboxylic acids is 1. The van der Waals surface area contributed by atoms with Crippen LogP contribution in [-0.2, 0) is 9.59 Å². The zero-order valence-corrected chi connectivity index (χ0v) is 8.26. The van der Waals surface area contributed by atoms with Gasteiger partial charge in [-0.3, -0.25) is 4.79 Å². The van der Waals surface area contributed by atoms with Crippen molar-refractivity contribution < 1.29 is 14.7 Å². The Balaban J connectivity index is 5.02. The maximum absolute atomic E-state index is 10.6. The van der Waals surface area contributed by atoms with Gasteiger partial charge in [-0.05, 0) is 25.0 Å². The molecule has 1 N–H and O–H groups in total. The molecule has 13 heavy (non-hydrogen) atoms. The highest BCUT2D eigenvalue weighted by molar-refractivity contribution is 6.31. The van der Waals surface area contributed by atoms with Crippen molar-refractivity contribution in [2.24, 2.45) is 0 Å². The molecular formula is C9H11ClO3. The van der Waals surface area contributed by atoms with Crippen LogP contribution < -0.4 is 0 Å². The molecule has 0 amide bonds. The van der Waals surface area contributed by atoms with Crippen LogP contribution in [-0.4, -0.2) is 17.4 Å². The standard InChI is InChI=1S/C9H11ClO3/c1-3-7(5-11)4-8(6(2)10)9(12)13/h4-5H,3H2,1-2H3,(H,12,13). The second-order valence-electron chi connectivity index (χ2n) is 2.44. The van der Waals surface area contributed by atoms with Gasteiger partial charge in [0.25, 0.3) is 0 Å². The van der Waals surface area contributed by atoms with Gasteiger partial charge in [0.15, 0.2) is 0 Å². The lowest BCUT2D eigenvalue weighted by molar-refractivity contribution is -0.132. The van der Waals surface area contributed by atoms with Crippen LogP contribution in [0.15, 0.2) is 22.3 Å². The third-order valence-electron chi connectivity index (χ3n) is 1.49. The van der Waals surface area contributed by atoms with E-state index in [0.717, 1.165) is 0 Å². The summed E-state index contributed by atoms with van der Waals surface area (Å²) >= 11 is 5.54. The fraction of sp³-hybridized carbons (Fsp3) is 0.333. The van der Waals surface area contributed by atoms with E-state index >= 15 is 0 Å². The van der Waals surface area contributed by atoms with E-state index in [1.165, 1.54) is 13.0 Å². The second kappa shape index (κ2) is 5.54. The van der Waals surface area contributed by atoms with Crippen LogP contribution in [0.5, 0.6) is 0 Å². The van der Waals surface area contributed by atoms with Gasteiger partial charge in [0.2, 0.25) is 0 Å². The molecule has 0 aliphatic rings. The number of carboxylic acids is 1. The molecule has 0 aliphatic carbocycles. The molecule has 0 radical (unpaired) electrons. The zero-order chi connectivity index (χ0) is 10.4. The van der Waals surface area contributed by atoms with Crippen molar-refractivity contribution in [1.82, 2.24) is 0 Å². The number of rotatable bonds is 4. The van der Waals surface area contributed by atoms with Crippen molar-refractivity contribution in [3.63, 3.8) is 0 Å². The van der Waals surface area contributed by atoms with Crippen LogP contribution in [0.4, 0.5) is 0 Å². The molecule has 4 heteroatoms. The molecule has 0 aromatic carbocycles. The molecule has 0 aliphatic heterocycles. The highest BCUT2D eigenvalue weighted by Crippen LogP contribution is 2.13. The summed E-state index contributed by atoms with van der Waals surface area (Å²) in [5.74, 6) is -1.12. The van der Waals surface area contributed by atoms with E-state index in [2.05, 4.69) is 0 Å². The van der Waals surface area contributed by atoms with Crippen LogP contribution in [0.25, 0.3) is 0 Å². The average Bonchev–Trinajstić information content (AvgIpc) is 2.05. The van der Waals surface area contributed by atoms with Crippen molar-refractivity contribution in [1.29, 1.82) is 0 Å². The van der Waals surface area contributed by atoms with Gasteiger partial charge >= 0.3 is 5.97 Å². The van der Waals surface area contributed by atoms with Gasteiger partial charge in [0.05, 0.1) is 5.57 Å². The lowest BCUT2D eigenvalue weighted by atomic mass is 10.1. The molecule has 0 heterocycles. The lowest BCUT2D eigenvalue weighted by Gasteiger charge is -1.98. The molecule has 72 valence electrons. The number of carbonyl (C=O) groups excluding carboxylic acids is 1. The topological polar surface area (TPSA) is 54.4 Å². The molecular weight excluding hydrogens is 192 g/mol. The third-order valence-corrected chi connectivity index (χ3v) is 1.69. The van der Waals surface area contributed by atoms with Crippen LogP contribution >= 0.6 is 11.6 Å². The number of allylic oxidation sites excluding steroid dienone is 2. The van der Waals surface area contributed by atoms with E-state index in [-0.39, 0.29) is 10.6 Å². The monoisotopic (exact) mass is 202 g/mol. The van der Waals surface area contributed by atoms with Crippen molar-refractivity contribution in [3.05, 3.63) is 22.3 Å². The predicted octanol–water partition coefficient (Wildman–Crippen LogP) is 2.12. The summed E-state index contributed by atoms with van der Waals surface area (Å²) in [6.07, 6.45) is 2.41. The highest BCUT2D eigenvalue weighted by Gasteiger charge is 2.08. The normalized spacial score (nSPS) is 13.6. The molecule has 3 nitrogen and oxygen atoms in total. The van der Waals surface area contributed by atoms with Crippen molar-refractivity contribution in [3.8, 4) is 0 Å². The van der Waals surface area contributed by atoms with Crippen molar-refractivity contribution in [2.75, 3.05) is 0 Å². The number of carbonyl (C=O) groups is 2. The summed E-state index contributed by atoms with van der Waals surface area (Å²) in [5.41, 5.74) is 0.378. The first-order chi connectivity index (χ1) is 6.02. The summed E-state index contributed by atoms with van der Waals surface area (Å²) in [7, 11) is 0. The highest BCUT2D eigenvalue weighted by atomic mass is 35.5. The van der Waals surface area contributed by atoms with E-state index in [0.29, 0.717) is 18.3 Å². The van der Waals surface area contributed by atoms with E-state index in [9.17, 15) is 9.59 Å². The number of aldehydes is 1. The Bertz CT molecular complexity index is 273. The maximum atomic E-state index is 10.6. The molecule has 0 unspecified atom stereocenters. The minimum atomic E-state index is -1.12. The van der Waals surface area contributed by atoms with E-state index in [1.807, 2.05) is 0 Å². The first-order valence-corrected chi connectivity index (χ1v) is 4.16. The summed E-state index contributed by atoms with van der Waals surface area (Å²) in [5, 5.41) is 8.85. The quantitative estimate of drug-likeness (QED) is 0.432. The fourth-order valence-electron chi connectivity index (χ4n) is 0.713. The Kier molecular flexibility index (Phi) is 5.07. The molecule has 0 saturated heterocycles. The Morgan fingerprint density at radius 3 is 2.31 bits per heavy atom. The fourth-order valence-corrected chi connectivity index (χ4v) is 0.849. The van der Waals surface area contributed by atoms with Crippen molar-refractivity contribution in [2.45, 2.75) is 20.3 Å². The largest absolute Gasteiger partial charge is 0.478 e. The summed E-state index contributed by atoms with van der Waals surface area (Å²) in [4.78, 5) is 21.0. The minimum absolute atomic E-state index is 0.0365. The van der Waals surface area contributed by atoms with E-state index in [4.69, 9.17) is 16.7 Å². The Hall–Kier alpha value is -1.09. The van der Waals surface area contributed by atoms with E-state index < -0.39 is 5.97 Å². The van der Waals surface area contributed by atoms with Crippen LogP contribution in [0.3, 0.4) is 0 Å². The number of halogens is 1. The van der Waals surface area contributed by atoms with Gasteiger partial charge in [0.1, 0.15) is 6.29 Å². The number of hydrogen-bond acceptors (Lipinski definition) is 2. The number of hydrogen-bond donors (Lipinski definition) is 1. The van der Waals surface area contributed by atoms with Gasteiger partial charge in [0, 0.05) is 5.03 Å². The first-order valence-electron chi connectivity index (χ1n) is 3.78. The summed E-state index contributed by atoms with van der Waals surface area (Å²) in [6.45, 7) is 3.24. The Labute approximate surface area is 81.7 Å². The first kappa shape index (κ1) is 11.9. The Morgan fingerprint density at radius 1 is 1.54 bits per heavy atom. The Morgan fingerprint density at radius 2 is 2.08 bits per heavy atom. The summed E-state index contributed by atoms with van der Waals surface area (Å²) < 4.78 is 0. The molecule has 0 fully saturated rings. The second-order valence-corrected chi connectivity index (χ2v) is 3.01. The van der Waals surface area contributed by atoms with Gasteiger partial charge in [-0.2, -0.15) is 0 Å². The minimum Gasteiger partial charge on any atom is -0.478 e. The van der Waals surface area contributed by atoms with Crippen LogP contribution in [0.2, 0.25) is 0 Å². The van der Waals surface area contributed by atoms with Crippen LogP contribution in [0.1, 0.15) is 20.3 Å². The molecule has 0 spiro atoms.